The van der Waals surface area contributed by atoms with Crippen LogP contribution in [0.25, 0.3) is 0 Å². The minimum Gasteiger partial charge on any atom is -0.504 e. The van der Waals surface area contributed by atoms with E-state index < -0.39 is 65.3 Å². The fraction of sp³-hybridized carbons (Fsp3) is 0.552. The van der Waals surface area contributed by atoms with Crippen LogP contribution in [0, 0.1) is 11.8 Å². The molecule has 8 atom stereocenters. The number of aliphatic carboxylic acids is 1. The van der Waals surface area contributed by atoms with Crippen LogP contribution in [0.3, 0.4) is 0 Å². The SMILES string of the molecule is CC(=O)O[C@@H](C(=O)OC1=CC[C@@]2(O)[C@H]3Cc4ccc(O)c5c4[C@@]2(CCC3C)[C@H]1O5)[C@@H](OC(C)=O)C(=O)O[C@@H](C)C(=O)O. The zero-order valence-electron chi connectivity index (χ0n) is 23.4. The number of benzene rings is 1. The van der Waals surface area contributed by atoms with Crippen molar-refractivity contribution in [3.05, 3.63) is 35.1 Å². The molecule has 1 heterocycles. The number of aliphatic hydroxyl groups is 1. The van der Waals surface area contributed by atoms with Gasteiger partial charge in [0.05, 0.1) is 11.0 Å². The molecule has 3 N–H and O–H groups in total. The molecular formula is C29H32O13. The molecule has 1 spiro atoms. The van der Waals surface area contributed by atoms with Crippen LogP contribution in [0.2, 0.25) is 0 Å². The molecule has 1 unspecified atom stereocenters. The van der Waals surface area contributed by atoms with Gasteiger partial charge in [0.25, 0.3) is 0 Å². The quantitative estimate of drug-likeness (QED) is 0.292. The molecule has 0 aromatic heterocycles. The van der Waals surface area contributed by atoms with Gasteiger partial charge in [-0.05, 0) is 62.1 Å². The van der Waals surface area contributed by atoms with Crippen molar-refractivity contribution in [2.45, 2.75) is 88.8 Å². The summed E-state index contributed by atoms with van der Waals surface area (Å²) in [6.45, 7) is 4.99. The van der Waals surface area contributed by atoms with Gasteiger partial charge >= 0.3 is 29.8 Å². The molecule has 42 heavy (non-hydrogen) atoms. The number of phenols is 1. The average molecular weight is 589 g/mol. The molecule has 13 heteroatoms. The van der Waals surface area contributed by atoms with Gasteiger partial charge in [-0.3, -0.25) is 9.59 Å². The minimum absolute atomic E-state index is 0.0487. The Hall–Kier alpha value is -4.13. The molecule has 5 rings (SSSR count). The Morgan fingerprint density at radius 1 is 1.02 bits per heavy atom. The molecule has 13 nitrogen and oxygen atoms in total. The molecular weight excluding hydrogens is 556 g/mol. The molecule has 1 aromatic rings. The fourth-order valence-corrected chi connectivity index (χ4v) is 7.10. The van der Waals surface area contributed by atoms with Gasteiger partial charge in [0.15, 0.2) is 23.7 Å². The van der Waals surface area contributed by atoms with Gasteiger partial charge in [0, 0.05) is 19.4 Å². The number of hydrogen-bond acceptors (Lipinski definition) is 12. The first-order valence-corrected chi connectivity index (χ1v) is 13.6. The molecule has 0 amide bonds. The topological polar surface area (TPSA) is 192 Å². The van der Waals surface area contributed by atoms with Crippen molar-refractivity contribution in [1.29, 1.82) is 0 Å². The highest BCUT2D eigenvalue weighted by molar-refractivity contribution is 5.90. The van der Waals surface area contributed by atoms with Crippen molar-refractivity contribution in [2.75, 3.05) is 0 Å². The van der Waals surface area contributed by atoms with Gasteiger partial charge < -0.3 is 39.0 Å². The highest BCUT2D eigenvalue weighted by atomic mass is 16.6. The second-order valence-corrected chi connectivity index (χ2v) is 11.4. The molecule has 1 aromatic carbocycles. The van der Waals surface area contributed by atoms with E-state index >= 15 is 0 Å². The highest BCUT2D eigenvalue weighted by Crippen LogP contribution is 2.68. The number of ether oxygens (including phenoxy) is 5. The molecule has 0 radical (unpaired) electrons. The number of carboxylic acids is 1. The smallest absolute Gasteiger partial charge is 0.357 e. The maximum absolute atomic E-state index is 13.6. The van der Waals surface area contributed by atoms with Crippen molar-refractivity contribution in [3.63, 3.8) is 0 Å². The van der Waals surface area contributed by atoms with Crippen molar-refractivity contribution in [2.24, 2.45) is 11.8 Å². The predicted octanol–water partition coefficient (Wildman–Crippen LogP) is 1.43. The van der Waals surface area contributed by atoms with Crippen LogP contribution >= 0.6 is 0 Å². The Balaban J connectivity index is 1.51. The summed E-state index contributed by atoms with van der Waals surface area (Å²) in [6.07, 6.45) is -3.72. The molecule has 226 valence electrons. The number of esters is 4. The van der Waals surface area contributed by atoms with E-state index in [9.17, 15) is 34.2 Å². The minimum atomic E-state index is -2.19. The largest absolute Gasteiger partial charge is 0.504 e. The third kappa shape index (κ3) is 4.37. The lowest BCUT2D eigenvalue weighted by Crippen LogP contribution is -2.69. The summed E-state index contributed by atoms with van der Waals surface area (Å²) in [5, 5.41) is 32.1. The average Bonchev–Trinajstić information content (AvgIpc) is 3.27. The Labute approximate surface area is 240 Å². The van der Waals surface area contributed by atoms with E-state index in [1.165, 1.54) is 12.1 Å². The molecule has 3 aliphatic carbocycles. The van der Waals surface area contributed by atoms with Crippen LogP contribution in [0.1, 0.15) is 58.1 Å². The Bertz CT molecular complexity index is 1400. The number of carbonyl (C=O) groups excluding carboxylic acids is 4. The number of carbonyl (C=O) groups is 5. The van der Waals surface area contributed by atoms with Crippen LogP contribution in [0.5, 0.6) is 11.5 Å². The van der Waals surface area contributed by atoms with Crippen molar-refractivity contribution >= 4 is 29.8 Å². The van der Waals surface area contributed by atoms with Crippen LogP contribution in [-0.4, -0.2) is 75.2 Å². The van der Waals surface area contributed by atoms with E-state index in [2.05, 4.69) is 6.92 Å². The van der Waals surface area contributed by atoms with Crippen molar-refractivity contribution in [1.82, 2.24) is 0 Å². The normalized spacial score (nSPS) is 30.3. The number of aromatic hydroxyl groups is 1. The molecule has 2 bridgehead atoms. The second-order valence-electron chi connectivity index (χ2n) is 11.4. The van der Waals surface area contributed by atoms with Crippen LogP contribution in [0.4, 0.5) is 0 Å². The summed E-state index contributed by atoms with van der Waals surface area (Å²) in [7, 11) is 0. The van der Waals surface area contributed by atoms with Crippen LogP contribution in [0.15, 0.2) is 24.0 Å². The van der Waals surface area contributed by atoms with E-state index in [4.69, 9.17) is 28.8 Å². The summed E-state index contributed by atoms with van der Waals surface area (Å²) in [6, 6.07) is 3.33. The Kier molecular flexibility index (Phi) is 7.20. The van der Waals surface area contributed by atoms with Crippen molar-refractivity contribution < 1.29 is 63.0 Å². The third-order valence-electron chi connectivity index (χ3n) is 8.92. The first kappa shape index (κ1) is 29.4. The Morgan fingerprint density at radius 2 is 1.67 bits per heavy atom. The third-order valence-corrected chi connectivity index (χ3v) is 8.92. The second kappa shape index (κ2) is 10.3. The summed E-state index contributed by atoms with van der Waals surface area (Å²) < 4.78 is 26.7. The van der Waals surface area contributed by atoms with Gasteiger partial charge in [-0.2, -0.15) is 0 Å². The van der Waals surface area contributed by atoms with E-state index in [1.807, 2.05) is 0 Å². The molecule has 1 fully saturated rings. The molecule has 4 aliphatic rings. The number of rotatable bonds is 8. The lowest BCUT2D eigenvalue weighted by Gasteiger charge is -2.61. The maximum Gasteiger partial charge on any atom is 0.357 e. The first-order chi connectivity index (χ1) is 19.7. The van der Waals surface area contributed by atoms with Crippen LogP contribution < -0.4 is 4.74 Å². The van der Waals surface area contributed by atoms with Crippen LogP contribution in [-0.2, 0) is 54.8 Å². The lowest BCUT2D eigenvalue weighted by atomic mass is 9.45. The standard InChI is InChI=1S/C29H32O13/c1-12-7-9-28-20-16-5-6-18(32)21(20)42-24(28)19(8-10-29(28,37)17(12)11-16)41-27(36)23(40-15(4)31)22(39-14(3)30)26(35)38-13(2)25(33)34/h5-6,8,12-13,17,22-24,32,37H,7,9-11H2,1-4H3,(H,33,34)/t12?,13-,17-,22+,23+,24-,28-,29+/m0/s1. The fourth-order valence-electron chi connectivity index (χ4n) is 7.10. The summed E-state index contributed by atoms with van der Waals surface area (Å²) >= 11 is 0. The lowest BCUT2D eigenvalue weighted by molar-refractivity contribution is -0.195. The summed E-state index contributed by atoms with van der Waals surface area (Å²) in [4.78, 5) is 61.4. The van der Waals surface area contributed by atoms with Crippen molar-refractivity contribution in [3.8, 4) is 11.5 Å². The van der Waals surface area contributed by atoms with Gasteiger partial charge in [-0.25, -0.2) is 14.4 Å². The first-order valence-electron chi connectivity index (χ1n) is 13.6. The summed E-state index contributed by atoms with van der Waals surface area (Å²) in [5.74, 6) is -6.32. The van der Waals surface area contributed by atoms with Gasteiger partial charge in [0.1, 0.15) is 5.76 Å². The zero-order chi connectivity index (χ0) is 30.7. The van der Waals surface area contributed by atoms with E-state index in [0.29, 0.717) is 18.4 Å². The number of carboxylic acid groups (broad SMARTS) is 1. The highest BCUT2D eigenvalue weighted by Gasteiger charge is 2.72. The number of phenolic OH excluding ortho intramolecular Hbond substituents is 1. The van der Waals surface area contributed by atoms with E-state index in [-0.39, 0.29) is 35.5 Å². The number of hydrogen-bond donors (Lipinski definition) is 3. The zero-order valence-corrected chi connectivity index (χ0v) is 23.4. The van der Waals surface area contributed by atoms with E-state index in [1.54, 1.807) is 6.07 Å². The Morgan fingerprint density at radius 3 is 2.29 bits per heavy atom. The predicted molar refractivity (Wildman–Crippen MR) is 138 cm³/mol. The monoisotopic (exact) mass is 588 g/mol. The maximum atomic E-state index is 13.6. The molecule has 1 saturated carbocycles. The molecule has 1 aliphatic heterocycles. The van der Waals surface area contributed by atoms with E-state index in [0.717, 1.165) is 32.8 Å². The van der Waals surface area contributed by atoms with Gasteiger partial charge in [-0.1, -0.05) is 13.0 Å². The van der Waals surface area contributed by atoms with Gasteiger partial charge in [0.2, 0.25) is 12.2 Å². The summed E-state index contributed by atoms with van der Waals surface area (Å²) in [5.41, 5.74) is -0.746. The van der Waals surface area contributed by atoms with Gasteiger partial charge in [-0.15, -0.1) is 0 Å². The molecule has 0 saturated heterocycles.